The summed E-state index contributed by atoms with van der Waals surface area (Å²) >= 11 is 0. The molecule has 4 saturated carbocycles. The summed E-state index contributed by atoms with van der Waals surface area (Å²) in [6, 6.07) is -0.433. The Labute approximate surface area is 170 Å². The molecular formula is C21H29N3O5. The van der Waals surface area contributed by atoms with Crippen molar-refractivity contribution in [2.75, 3.05) is 26.9 Å². The molecule has 4 bridgehead atoms. The molecule has 0 aromatic heterocycles. The predicted octanol–water partition coefficient (Wildman–Crippen LogP) is 1.59. The Kier molecular flexibility index (Phi) is 4.46. The first-order valence-electron chi connectivity index (χ1n) is 10.9. The Hall–Kier alpha value is -1.96. The topological polar surface area (TPSA) is 87.2 Å². The second kappa shape index (κ2) is 6.79. The minimum atomic E-state index is -0.694. The molecule has 2 aliphatic heterocycles. The van der Waals surface area contributed by atoms with Gasteiger partial charge >= 0.3 is 23.8 Å². The number of urea groups is 1. The number of carbonyl (C=O) groups is 4. The van der Waals surface area contributed by atoms with Gasteiger partial charge in [-0.25, -0.2) is 14.6 Å². The molecule has 8 nitrogen and oxygen atoms in total. The van der Waals surface area contributed by atoms with Gasteiger partial charge in [-0.2, -0.15) is 0 Å². The zero-order valence-corrected chi connectivity index (χ0v) is 17.0. The molecule has 0 spiro atoms. The summed E-state index contributed by atoms with van der Waals surface area (Å²) in [6.45, 7) is 1.32. The van der Waals surface area contributed by atoms with E-state index in [9.17, 15) is 19.2 Å². The van der Waals surface area contributed by atoms with Crippen LogP contribution in [-0.4, -0.2) is 70.9 Å². The molecule has 8 heteroatoms. The summed E-state index contributed by atoms with van der Waals surface area (Å²) in [6.07, 6.45) is 7.49. The van der Waals surface area contributed by atoms with Gasteiger partial charge in [-0.05, 0) is 69.1 Å². The van der Waals surface area contributed by atoms with Gasteiger partial charge in [0.2, 0.25) is 0 Å². The van der Waals surface area contributed by atoms with Gasteiger partial charge in [-0.15, -0.1) is 0 Å². The van der Waals surface area contributed by atoms with Crippen LogP contribution in [0.15, 0.2) is 0 Å². The van der Waals surface area contributed by atoms with Gasteiger partial charge in [0, 0.05) is 13.1 Å². The predicted molar refractivity (Wildman–Crippen MR) is 101 cm³/mol. The van der Waals surface area contributed by atoms with Crippen molar-refractivity contribution in [3.63, 3.8) is 0 Å². The lowest BCUT2D eigenvalue weighted by Gasteiger charge is -2.58. The fourth-order valence-electron chi connectivity index (χ4n) is 7.06. The minimum Gasteiger partial charge on any atom is -0.469 e. The van der Waals surface area contributed by atoms with E-state index in [2.05, 4.69) is 0 Å². The van der Waals surface area contributed by atoms with Crippen LogP contribution in [0.4, 0.5) is 4.79 Å². The maximum atomic E-state index is 13.2. The molecule has 0 aromatic carbocycles. The number of hydrogen-bond donors (Lipinski definition) is 0. The van der Waals surface area contributed by atoms with E-state index in [1.54, 1.807) is 0 Å². The Balaban J connectivity index is 1.29. The summed E-state index contributed by atoms with van der Waals surface area (Å²) in [4.78, 5) is 55.0. The molecule has 0 radical (unpaired) electrons. The van der Waals surface area contributed by atoms with Crippen LogP contribution in [0.3, 0.4) is 0 Å². The van der Waals surface area contributed by atoms with Gasteiger partial charge in [0.15, 0.2) is 0 Å². The third kappa shape index (κ3) is 2.98. The third-order valence-corrected chi connectivity index (χ3v) is 8.00. The van der Waals surface area contributed by atoms with Gasteiger partial charge in [-0.3, -0.25) is 19.3 Å². The quantitative estimate of drug-likeness (QED) is 0.402. The van der Waals surface area contributed by atoms with E-state index in [0.29, 0.717) is 43.7 Å². The smallest absolute Gasteiger partial charge is 0.335 e. The summed E-state index contributed by atoms with van der Waals surface area (Å²) in [5.74, 6) is 0.0878. The molecule has 0 atom stereocenters. The number of imide groups is 2. The highest BCUT2D eigenvalue weighted by atomic mass is 16.5. The summed E-state index contributed by atoms with van der Waals surface area (Å²) in [7, 11) is 1.39. The van der Waals surface area contributed by atoms with Crippen molar-refractivity contribution >= 4 is 23.8 Å². The lowest BCUT2D eigenvalue weighted by Crippen LogP contribution is -2.62. The van der Waals surface area contributed by atoms with Crippen LogP contribution < -0.4 is 0 Å². The SMILES string of the molecule is COC(=O)C1CCN(CN2C(=O)C(=O)N(C34CC5CC(CC(C5)C3)C4)C2=O)CC1. The third-order valence-electron chi connectivity index (χ3n) is 8.00. The number of rotatable bonds is 4. The number of hydrogen-bond acceptors (Lipinski definition) is 6. The number of nitrogens with zero attached hydrogens (tertiary/aromatic N) is 3. The van der Waals surface area contributed by atoms with Crippen molar-refractivity contribution in [1.29, 1.82) is 0 Å². The monoisotopic (exact) mass is 403 g/mol. The molecule has 6 rings (SSSR count). The normalized spacial score (nSPS) is 37.7. The molecule has 158 valence electrons. The van der Waals surface area contributed by atoms with Crippen LogP contribution in [0.25, 0.3) is 0 Å². The first kappa shape index (κ1) is 19.0. The molecule has 6 aliphatic rings. The second-order valence-corrected chi connectivity index (χ2v) is 9.86. The molecule has 0 aromatic rings. The van der Waals surface area contributed by atoms with E-state index < -0.39 is 23.4 Å². The Morgan fingerprint density at radius 2 is 1.52 bits per heavy atom. The molecule has 4 aliphatic carbocycles. The average molecular weight is 403 g/mol. The largest absolute Gasteiger partial charge is 0.469 e. The number of amides is 4. The van der Waals surface area contributed by atoms with E-state index >= 15 is 0 Å². The molecule has 0 unspecified atom stereocenters. The minimum absolute atomic E-state index is 0.125. The number of carbonyl (C=O) groups excluding carboxylic acids is 4. The highest BCUT2D eigenvalue weighted by molar-refractivity contribution is 6.44. The zero-order chi connectivity index (χ0) is 20.3. The molecule has 2 heterocycles. The maximum absolute atomic E-state index is 13.2. The van der Waals surface area contributed by atoms with Crippen molar-refractivity contribution in [1.82, 2.24) is 14.7 Å². The standard InChI is InChI=1S/C21H29N3O5/c1-29-19(27)16-2-4-22(5-3-16)12-23-17(25)18(26)24(20(23)28)21-9-13-6-14(10-21)8-15(7-13)11-21/h13-16H,2-12H2,1H3. The summed E-state index contributed by atoms with van der Waals surface area (Å²) < 4.78 is 4.81. The van der Waals surface area contributed by atoms with Crippen LogP contribution >= 0.6 is 0 Å². The fraction of sp³-hybridized carbons (Fsp3) is 0.810. The second-order valence-electron chi connectivity index (χ2n) is 9.86. The molecule has 6 fully saturated rings. The van der Waals surface area contributed by atoms with Crippen LogP contribution in [0.2, 0.25) is 0 Å². The van der Waals surface area contributed by atoms with Crippen molar-refractivity contribution in [3.05, 3.63) is 0 Å². The maximum Gasteiger partial charge on any atom is 0.335 e. The highest BCUT2D eigenvalue weighted by Gasteiger charge is 2.61. The van der Waals surface area contributed by atoms with Crippen molar-refractivity contribution in [3.8, 4) is 0 Å². The van der Waals surface area contributed by atoms with Crippen LogP contribution in [0, 0.1) is 23.7 Å². The first-order valence-corrected chi connectivity index (χ1v) is 10.9. The number of likely N-dealkylation sites (tertiary alicyclic amines) is 1. The molecule has 0 N–H and O–H groups in total. The number of piperidine rings is 1. The van der Waals surface area contributed by atoms with Crippen molar-refractivity contribution in [2.45, 2.75) is 56.9 Å². The summed E-state index contributed by atoms with van der Waals surface area (Å²) in [5.41, 5.74) is -0.439. The van der Waals surface area contributed by atoms with Gasteiger partial charge in [0.05, 0.1) is 25.2 Å². The lowest BCUT2D eigenvalue weighted by atomic mass is 9.52. The van der Waals surface area contributed by atoms with E-state index in [4.69, 9.17) is 4.74 Å². The summed E-state index contributed by atoms with van der Waals surface area (Å²) in [5, 5.41) is 0. The van der Waals surface area contributed by atoms with Crippen LogP contribution in [0.5, 0.6) is 0 Å². The number of methoxy groups -OCH3 is 1. The van der Waals surface area contributed by atoms with Gasteiger partial charge in [0.1, 0.15) is 0 Å². The number of esters is 1. The number of ether oxygens (including phenoxy) is 1. The Morgan fingerprint density at radius 1 is 0.966 bits per heavy atom. The van der Waals surface area contributed by atoms with Gasteiger partial charge in [0.25, 0.3) is 0 Å². The van der Waals surface area contributed by atoms with E-state index in [1.807, 2.05) is 4.90 Å². The highest BCUT2D eigenvalue weighted by Crippen LogP contribution is 2.58. The van der Waals surface area contributed by atoms with Crippen molar-refractivity contribution < 1.29 is 23.9 Å². The Bertz CT molecular complexity index is 722. The zero-order valence-electron chi connectivity index (χ0n) is 17.0. The van der Waals surface area contributed by atoms with Gasteiger partial charge < -0.3 is 4.74 Å². The van der Waals surface area contributed by atoms with Crippen LogP contribution in [0.1, 0.15) is 51.4 Å². The van der Waals surface area contributed by atoms with E-state index in [1.165, 1.54) is 31.3 Å². The fourth-order valence-corrected chi connectivity index (χ4v) is 7.06. The van der Waals surface area contributed by atoms with Gasteiger partial charge in [-0.1, -0.05) is 0 Å². The molecule has 2 saturated heterocycles. The molecule has 4 amide bonds. The average Bonchev–Trinajstić information content (AvgIpc) is 2.90. The molecule has 29 heavy (non-hydrogen) atoms. The van der Waals surface area contributed by atoms with E-state index in [-0.39, 0.29) is 18.6 Å². The lowest BCUT2D eigenvalue weighted by molar-refractivity contribution is -0.150. The van der Waals surface area contributed by atoms with Crippen molar-refractivity contribution in [2.24, 2.45) is 23.7 Å². The van der Waals surface area contributed by atoms with E-state index in [0.717, 1.165) is 24.2 Å². The van der Waals surface area contributed by atoms with Crippen LogP contribution in [-0.2, 0) is 19.1 Å². The molecular weight excluding hydrogens is 374 g/mol. The first-order chi connectivity index (χ1) is 13.9. The Morgan fingerprint density at radius 3 is 2.03 bits per heavy atom.